The first-order chi connectivity index (χ1) is 8.83. The Labute approximate surface area is 105 Å². The quantitative estimate of drug-likeness (QED) is 0.855. The summed E-state index contributed by atoms with van der Waals surface area (Å²) in [5, 5.41) is 7.27. The summed E-state index contributed by atoms with van der Waals surface area (Å²) < 4.78 is 1.99. The highest BCUT2D eigenvalue weighted by atomic mass is 16.1. The van der Waals surface area contributed by atoms with Gasteiger partial charge in [-0.2, -0.15) is 5.10 Å². The summed E-state index contributed by atoms with van der Waals surface area (Å²) in [6.45, 7) is 0.861. The van der Waals surface area contributed by atoms with E-state index < -0.39 is 0 Å². The summed E-state index contributed by atoms with van der Waals surface area (Å²) in [6, 6.07) is 5.73. The second-order valence-corrected chi connectivity index (χ2v) is 4.45. The zero-order valence-corrected chi connectivity index (χ0v) is 9.91. The van der Waals surface area contributed by atoms with Crippen LogP contribution in [-0.2, 0) is 13.0 Å². The molecule has 0 bridgehead atoms. The van der Waals surface area contributed by atoms with Gasteiger partial charge in [-0.25, -0.2) is 0 Å². The molecule has 0 unspecified atom stereocenters. The molecular formula is C13H14N4O. The number of amides is 1. The fraction of sp³-hybridized carbons (Fsp3) is 0.308. The van der Waals surface area contributed by atoms with Gasteiger partial charge >= 0.3 is 0 Å². The average Bonchev–Trinajstić information content (AvgIpc) is 2.87. The standard InChI is InChI=1S/C13H14N4O/c18-13(10-2-1-5-14-9-10)16-11-4-7-17-12(8-11)3-6-15-17/h1-3,5-6,9,11H,4,7-8H2,(H,16,18)/t11-/m0/s1. The van der Waals surface area contributed by atoms with Crippen LogP contribution >= 0.6 is 0 Å². The predicted octanol–water partition coefficient (Wildman–Crippen LogP) is 1.02. The first-order valence-corrected chi connectivity index (χ1v) is 6.04. The Morgan fingerprint density at radius 1 is 1.39 bits per heavy atom. The molecule has 92 valence electrons. The van der Waals surface area contributed by atoms with E-state index in [1.54, 1.807) is 30.7 Å². The van der Waals surface area contributed by atoms with Gasteiger partial charge in [0.15, 0.2) is 0 Å². The molecule has 5 heteroatoms. The van der Waals surface area contributed by atoms with Crippen molar-refractivity contribution in [3.8, 4) is 0 Å². The average molecular weight is 242 g/mol. The van der Waals surface area contributed by atoms with Crippen molar-refractivity contribution >= 4 is 5.91 Å². The van der Waals surface area contributed by atoms with Crippen LogP contribution in [0, 0.1) is 0 Å². The SMILES string of the molecule is O=C(N[C@H]1CCn2nccc2C1)c1cccnc1. The van der Waals surface area contributed by atoms with Gasteiger partial charge < -0.3 is 5.32 Å². The molecule has 0 saturated carbocycles. The molecule has 0 aromatic carbocycles. The third-order valence-electron chi connectivity index (χ3n) is 3.21. The van der Waals surface area contributed by atoms with E-state index in [4.69, 9.17) is 0 Å². The van der Waals surface area contributed by atoms with E-state index in [2.05, 4.69) is 15.4 Å². The maximum Gasteiger partial charge on any atom is 0.253 e. The van der Waals surface area contributed by atoms with Crippen molar-refractivity contribution in [2.75, 3.05) is 0 Å². The van der Waals surface area contributed by atoms with Crippen LogP contribution in [-0.4, -0.2) is 26.7 Å². The lowest BCUT2D eigenvalue weighted by molar-refractivity contribution is 0.0930. The molecule has 2 aromatic heterocycles. The Kier molecular flexibility index (Phi) is 2.80. The number of rotatable bonds is 2. The molecule has 5 nitrogen and oxygen atoms in total. The van der Waals surface area contributed by atoms with E-state index in [9.17, 15) is 4.79 Å². The van der Waals surface area contributed by atoms with Gasteiger partial charge in [0.05, 0.1) is 5.56 Å². The van der Waals surface area contributed by atoms with E-state index >= 15 is 0 Å². The van der Waals surface area contributed by atoms with Crippen LogP contribution in [0.1, 0.15) is 22.5 Å². The largest absolute Gasteiger partial charge is 0.349 e. The molecule has 0 saturated heterocycles. The smallest absolute Gasteiger partial charge is 0.253 e. The highest BCUT2D eigenvalue weighted by molar-refractivity contribution is 5.94. The van der Waals surface area contributed by atoms with Crippen molar-refractivity contribution in [2.24, 2.45) is 0 Å². The molecule has 0 aliphatic carbocycles. The lowest BCUT2D eigenvalue weighted by Gasteiger charge is -2.24. The molecule has 0 spiro atoms. The minimum absolute atomic E-state index is 0.0546. The van der Waals surface area contributed by atoms with Crippen molar-refractivity contribution < 1.29 is 4.79 Å². The highest BCUT2D eigenvalue weighted by Gasteiger charge is 2.20. The van der Waals surface area contributed by atoms with E-state index in [0.29, 0.717) is 5.56 Å². The van der Waals surface area contributed by atoms with Crippen LogP contribution < -0.4 is 5.32 Å². The van der Waals surface area contributed by atoms with E-state index in [1.807, 2.05) is 10.7 Å². The number of fused-ring (bicyclic) bond motifs is 1. The first kappa shape index (κ1) is 11.0. The number of pyridine rings is 1. The molecule has 1 aliphatic rings. The number of hydrogen-bond donors (Lipinski definition) is 1. The Bertz CT molecular complexity index is 549. The summed E-state index contributed by atoms with van der Waals surface area (Å²) in [7, 11) is 0. The molecule has 1 N–H and O–H groups in total. The minimum Gasteiger partial charge on any atom is -0.349 e. The Balaban J connectivity index is 1.67. The van der Waals surface area contributed by atoms with Crippen LogP contribution in [0.3, 0.4) is 0 Å². The molecule has 0 radical (unpaired) electrons. The lowest BCUT2D eigenvalue weighted by Crippen LogP contribution is -2.40. The van der Waals surface area contributed by atoms with Crippen molar-refractivity contribution in [3.63, 3.8) is 0 Å². The topological polar surface area (TPSA) is 59.8 Å². The summed E-state index contributed by atoms with van der Waals surface area (Å²) >= 11 is 0. The van der Waals surface area contributed by atoms with Gasteiger partial charge in [-0.1, -0.05) is 0 Å². The van der Waals surface area contributed by atoms with E-state index in [1.165, 1.54) is 5.69 Å². The fourth-order valence-electron chi connectivity index (χ4n) is 2.26. The Hall–Kier alpha value is -2.17. The second kappa shape index (κ2) is 4.60. The van der Waals surface area contributed by atoms with Gasteiger partial charge in [0, 0.05) is 43.3 Å². The molecular weight excluding hydrogens is 228 g/mol. The van der Waals surface area contributed by atoms with Crippen LogP contribution in [0.5, 0.6) is 0 Å². The summed E-state index contributed by atoms with van der Waals surface area (Å²) in [5.41, 5.74) is 1.79. The molecule has 1 aliphatic heterocycles. The van der Waals surface area contributed by atoms with Crippen LogP contribution in [0.4, 0.5) is 0 Å². The fourth-order valence-corrected chi connectivity index (χ4v) is 2.26. The monoisotopic (exact) mass is 242 g/mol. The third kappa shape index (κ3) is 2.11. The predicted molar refractivity (Wildman–Crippen MR) is 66.0 cm³/mol. The lowest BCUT2D eigenvalue weighted by atomic mass is 10.0. The number of nitrogens with zero attached hydrogens (tertiary/aromatic N) is 3. The minimum atomic E-state index is -0.0546. The van der Waals surface area contributed by atoms with Gasteiger partial charge in [0.25, 0.3) is 5.91 Å². The van der Waals surface area contributed by atoms with Gasteiger partial charge in [-0.15, -0.1) is 0 Å². The van der Waals surface area contributed by atoms with Crippen LogP contribution in [0.25, 0.3) is 0 Å². The molecule has 1 atom stereocenters. The molecule has 3 rings (SSSR count). The first-order valence-electron chi connectivity index (χ1n) is 6.04. The Morgan fingerprint density at radius 2 is 2.33 bits per heavy atom. The van der Waals surface area contributed by atoms with E-state index in [0.717, 1.165) is 19.4 Å². The number of aryl methyl sites for hydroxylation is 1. The molecule has 18 heavy (non-hydrogen) atoms. The zero-order chi connectivity index (χ0) is 12.4. The number of carbonyl (C=O) groups is 1. The van der Waals surface area contributed by atoms with Crippen molar-refractivity contribution in [2.45, 2.75) is 25.4 Å². The van der Waals surface area contributed by atoms with Crippen molar-refractivity contribution in [3.05, 3.63) is 48.0 Å². The summed E-state index contributed by atoms with van der Waals surface area (Å²) in [6.07, 6.45) is 6.81. The van der Waals surface area contributed by atoms with Gasteiger partial charge in [0.1, 0.15) is 0 Å². The maximum absolute atomic E-state index is 12.0. The molecule has 2 aromatic rings. The van der Waals surface area contributed by atoms with Crippen LogP contribution in [0.2, 0.25) is 0 Å². The number of nitrogens with one attached hydrogen (secondary N) is 1. The second-order valence-electron chi connectivity index (χ2n) is 4.45. The zero-order valence-electron chi connectivity index (χ0n) is 9.91. The molecule has 1 amide bonds. The van der Waals surface area contributed by atoms with Crippen molar-refractivity contribution in [1.82, 2.24) is 20.1 Å². The number of hydrogen-bond acceptors (Lipinski definition) is 3. The van der Waals surface area contributed by atoms with E-state index in [-0.39, 0.29) is 11.9 Å². The summed E-state index contributed by atoms with van der Waals surface area (Å²) in [4.78, 5) is 15.9. The number of aromatic nitrogens is 3. The normalized spacial score (nSPS) is 18.1. The summed E-state index contributed by atoms with van der Waals surface area (Å²) in [5.74, 6) is -0.0546. The highest BCUT2D eigenvalue weighted by Crippen LogP contribution is 2.14. The Morgan fingerprint density at radius 3 is 3.17 bits per heavy atom. The van der Waals surface area contributed by atoms with Gasteiger partial charge in [0.2, 0.25) is 0 Å². The number of carbonyl (C=O) groups excluding carboxylic acids is 1. The third-order valence-corrected chi connectivity index (χ3v) is 3.21. The van der Waals surface area contributed by atoms with Crippen molar-refractivity contribution in [1.29, 1.82) is 0 Å². The van der Waals surface area contributed by atoms with Gasteiger partial charge in [-0.3, -0.25) is 14.5 Å². The maximum atomic E-state index is 12.0. The van der Waals surface area contributed by atoms with Gasteiger partial charge in [-0.05, 0) is 24.6 Å². The molecule has 0 fully saturated rings. The molecule has 3 heterocycles. The van der Waals surface area contributed by atoms with Crippen LogP contribution in [0.15, 0.2) is 36.8 Å².